The van der Waals surface area contributed by atoms with Crippen LogP contribution in [0, 0.1) is 5.92 Å². The minimum atomic E-state index is -0.501. The lowest BCUT2D eigenvalue weighted by molar-refractivity contribution is 0.0545. The molecule has 1 atom stereocenters. The molecule has 1 aliphatic heterocycles. The Bertz CT molecular complexity index is 1400. The van der Waals surface area contributed by atoms with E-state index in [1.807, 2.05) is 18.2 Å². The van der Waals surface area contributed by atoms with E-state index in [2.05, 4.69) is 95.3 Å². The average molecular weight is 779 g/mol. The third kappa shape index (κ3) is 13.5. The molecule has 2 N–H and O–H groups in total. The Kier molecular flexibility index (Phi) is 19.5. The normalized spacial score (nSPS) is 13.9. The third-order valence-corrected chi connectivity index (χ3v) is 11.9. The fraction of sp³-hybridized carbons (Fsp3) is 0.500. The Morgan fingerprint density at radius 1 is 0.667 bits per heavy atom. The molecule has 12 heteroatoms. The Morgan fingerprint density at radius 3 is 1.74 bits per heavy atom. The topological polar surface area (TPSA) is 109 Å². The summed E-state index contributed by atoms with van der Waals surface area (Å²) >= 11 is 0. The summed E-state index contributed by atoms with van der Waals surface area (Å²) in [5.74, 6) is 1.53. The van der Waals surface area contributed by atoms with E-state index in [0.717, 1.165) is 19.3 Å². The van der Waals surface area contributed by atoms with E-state index in [1.54, 1.807) is 33.4 Å². The second-order valence-corrected chi connectivity index (χ2v) is 15.9. The van der Waals surface area contributed by atoms with Gasteiger partial charge in [0.15, 0.2) is 0 Å². The minimum Gasteiger partial charge on any atom is -0.450 e. The monoisotopic (exact) mass is 778 g/mol. The summed E-state index contributed by atoms with van der Waals surface area (Å²) < 4.78 is 16.0. The number of hydrogen-bond donors (Lipinski definition) is 2. The predicted molar refractivity (Wildman–Crippen MR) is 220 cm³/mol. The number of alkyl carbamates (subject to hydrolysis) is 2. The van der Waals surface area contributed by atoms with E-state index in [-0.39, 0.29) is 18.6 Å². The van der Waals surface area contributed by atoms with Crippen LogP contribution >= 0.6 is 21.6 Å². The molecule has 1 heterocycles. The highest BCUT2D eigenvalue weighted by atomic mass is 33.1. The number of nitrogens with zero attached hydrogens (tertiary/aromatic N) is 2. The lowest BCUT2D eigenvalue weighted by Crippen LogP contribution is -2.57. The largest absolute Gasteiger partial charge is 0.450 e. The van der Waals surface area contributed by atoms with E-state index in [4.69, 9.17) is 14.2 Å². The van der Waals surface area contributed by atoms with Crippen molar-refractivity contribution in [2.45, 2.75) is 57.9 Å². The van der Waals surface area contributed by atoms with Gasteiger partial charge in [-0.15, -0.1) is 0 Å². The molecule has 0 aliphatic carbocycles. The van der Waals surface area contributed by atoms with Crippen LogP contribution in [-0.4, -0.2) is 98.7 Å². The maximum atomic E-state index is 13.1. The first-order valence-corrected chi connectivity index (χ1v) is 21.9. The van der Waals surface area contributed by atoms with Gasteiger partial charge in [0.1, 0.15) is 13.2 Å². The van der Waals surface area contributed by atoms with Crippen molar-refractivity contribution in [3.63, 3.8) is 0 Å². The van der Waals surface area contributed by atoms with Crippen molar-refractivity contribution in [1.29, 1.82) is 0 Å². The molecule has 0 radical (unpaired) electrons. The lowest BCUT2D eigenvalue weighted by Gasteiger charge is -2.48. The standard InChI is InChI=1S/C42H58N4O6S2/c1-3-5-6-10-17-35(34-44-40(48)50-4-2)24-25-43-39(47)51-30-32-53-54-33-31-52-41(49)45-26-28-46(29-27-45)42(36-18-11-7-12-19-36,37-20-13-8-14-21-37)38-22-15-9-16-23-38/h7-9,11-16,18-23,35H,3-6,10,17,24-34H2,1-2H3,(H,43,47)(H,44,48). The van der Waals surface area contributed by atoms with Crippen LogP contribution in [-0.2, 0) is 19.7 Å². The van der Waals surface area contributed by atoms with Crippen molar-refractivity contribution in [3.05, 3.63) is 108 Å². The van der Waals surface area contributed by atoms with Gasteiger partial charge in [-0.3, -0.25) is 4.90 Å². The zero-order valence-corrected chi connectivity index (χ0v) is 33.6. The smallest absolute Gasteiger partial charge is 0.409 e. The van der Waals surface area contributed by atoms with E-state index in [9.17, 15) is 14.4 Å². The van der Waals surface area contributed by atoms with Crippen LogP contribution in [0.1, 0.15) is 69.1 Å². The van der Waals surface area contributed by atoms with E-state index < -0.39 is 17.7 Å². The van der Waals surface area contributed by atoms with Crippen LogP contribution in [0.4, 0.5) is 14.4 Å². The molecule has 1 aliphatic rings. The molecule has 0 spiro atoms. The van der Waals surface area contributed by atoms with Crippen molar-refractivity contribution in [3.8, 4) is 0 Å². The molecular formula is C42H58N4O6S2. The van der Waals surface area contributed by atoms with Crippen LogP contribution in [0.2, 0.25) is 0 Å². The molecule has 3 aromatic rings. The molecule has 1 fully saturated rings. The third-order valence-electron chi connectivity index (χ3n) is 9.56. The van der Waals surface area contributed by atoms with E-state index in [0.29, 0.717) is 64.0 Å². The van der Waals surface area contributed by atoms with Crippen molar-refractivity contribution in [1.82, 2.24) is 20.4 Å². The SMILES string of the molecule is CCCCCCC(CCNC(=O)OCCSSCCOC(=O)N1CCN(C(c2ccccc2)(c2ccccc2)c2ccccc2)CC1)CNC(=O)OCC. The number of piperazine rings is 1. The number of benzene rings is 3. The minimum absolute atomic E-state index is 0.260. The second kappa shape index (κ2) is 24.5. The molecule has 0 saturated carbocycles. The second-order valence-electron chi connectivity index (χ2n) is 13.2. The fourth-order valence-electron chi connectivity index (χ4n) is 6.90. The Labute approximate surface area is 329 Å². The number of amides is 3. The predicted octanol–water partition coefficient (Wildman–Crippen LogP) is 8.56. The number of carbonyl (C=O) groups is 3. The number of rotatable bonds is 22. The summed E-state index contributed by atoms with van der Waals surface area (Å²) in [6, 6.07) is 31.9. The van der Waals surface area contributed by atoms with Gasteiger partial charge < -0.3 is 29.7 Å². The van der Waals surface area contributed by atoms with Gasteiger partial charge in [-0.2, -0.15) is 0 Å². The first-order valence-electron chi connectivity index (χ1n) is 19.4. The average Bonchev–Trinajstić information content (AvgIpc) is 3.21. The fourth-order valence-corrected chi connectivity index (χ4v) is 8.55. The lowest BCUT2D eigenvalue weighted by atomic mass is 9.75. The molecular weight excluding hydrogens is 721 g/mol. The number of carbonyl (C=O) groups excluding carboxylic acids is 3. The molecule has 10 nitrogen and oxygen atoms in total. The van der Waals surface area contributed by atoms with Gasteiger partial charge in [0.05, 0.1) is 12.1 Å². The number of unbranched alkanes of at least 4 members (excludes halogenated alkanes) is 3. The van der Waals surface area contributed by atoms with Crippen LogP contribution < -0.4 is 10.6 Å². The summed E-state index contributed by atoms with van der Waals surface area (Å²) in [6.45, 7) is 8.43. The van der Waals surface area contributed by atoms with Gasteiger partial charge in [0, 0.05) is 50.8 Å². The van der Waals surface area contributed by atoms with Crippen LogP contribution in [0.3, 0.4) is 0 Å². The zero-order chi connectivity index (χ0) is 38.3. The highest BCUT2D eigenvalue weighted by Crippen LogP contribution is 2.42. The van der Waals surface area contributed by atoms with Crippen molar-refractivity contribution in [2.24, 2.45) is 5.92 Å². The van der Waals surface area contributed by atoms with Crippen LogP contribution in [0.25, 0.3) is 0 Å². The molecule has 3 amide bonds. The Hall–Kier alpha value is -3.87. The molecule has 1 unspecified atom stereocenters. The van der Waals surface area contributed by atoms with Crippen molar-refractivity contribution in [2.75, 3.05) is 70.6 Å². The maximum Gasteiger partial charge on any atom is 0.409 e. The summed E-state index contributed by atoms with van der Waals surface area (Å²) in [4.78, 5) is 41.3. The number of ether oxygens (including phenoxy) is 3. The van der Waals surface area contributed by atoms with Crippen LogP contribution in [0.15, 0.2) is 91.0 Å². The molecule has 3 aromatic carbocycles. The van der Waals surface area contributed by atoms with Gasteiger partial charge in [0.2, 0.25) is 0 Å². The molecule has 1 saturated heterocycles. The molecule has 54 heavy (non-hydrogen) atoms. The Balaban J connectivity index is 1.13. The van der Waals surface area contributed by atoms with Crippen LogP contribution in [0.5, 0.6) is 0 Å². The van der Waals surface area contributed by atoms with Crippen molar-refractivity contribution >= 4 is 39.9 Å². The van der Waals surface area contributed by atoms with Gasteiger partial charge in [-0.1, -0.05) is 145 Å². The van der Waals surface area contributed by atoms with Crippen molar-refractivity contribution < 1.29 is 28.6 Å². The number of nitrogens with one attached hydrogen (secondary N) is 2. The van der Waals surface area contributed by atoms with E-state index >= 15 is 0 Å². The summed E-state index contributed by atoms with van der Waals surface area (Å²) in [5.41, 5.74) is 3.08. The number of hydrogen-bond acceptors (Lipinski definition) is 9. The van der Waals surface area contributed by atoms with Gasteiger partial charge in [-0.05, 0) is 42.4 Å². The molecule has 0 aromatic heterocycles. The molecule has 4 rings (SSSR count). The highest BCUT2D eigenvalue weighted by molar-refractivity contribution is 8.76. The summed E-state index contributed by atoms with van der Waals surface area (Å²) in [6.07, 6.45) is 5.24. The molecule has 0 bridgehead atoms. The summed E-state index contributed by atoms with van der Waals surface area (Å²) in [5, 5.41) is 5.66. The molecule has 294 valence electrons. The first kappa shape index (κ1) is 42.9. The van der Waals surface area contributed by atoms with E-state index in [1.165, 1.54) is 36.0 Å². The van der Waals surface area contributed by atoms with Gasteiger partial charge in [0.25, 0.3) is 0 Å². The van der Waals surface area contributed by atoms with Gasteiger partial charge in [-0.25, -0.2) is 14.4 Å². The quantitative estimate of drug-likeness (QED) is 0.0449. The highest BCUT2D eigenvalue weighted by Gasteiger charge is 2.43. The summed E-state index contributed by atoms with van der Waals surface area (Å²) in [7, 11) is 3.17. The maximum absolute atomic E-state index is 13.1. The zero-order valence-electron chi connectivity index (χ0n) is 31.9. The Morgan fingerprint density at radius 2 is 1.20 bits per heavy atom. The van der Waals surface area contributed by atoms with Gasteiger partial charge >= 0.3 is 18.3 Å². The first-order chi connectivity index (χ1) is 26.5.